The molecule has 0 bridgehead atoms. The Morgan fingerprint density at radius 2 is 1.68 bits per heavy atom. The van der Waals surface area contributed by atoms with Crippen molar-refractivity contribution in [3.63, 3.8) is 0 Å². The molecule has 1 saturated heterocycles. The van der Waals surface area contributed by atoms with Gasteiger partial charge in [-0.2, -0.15) is 0 Å². The van der Waals surface area contributed by atoms with Gasteiger partial charge in [0.1, 0.15) is 0 Å². The highest BCUT2D eigenvalue weighted by Gasteiger charge is 2.37. The van der Waals surface area contributed by atoms with E-state index in [9.17, 15) is 9.59 Å². The maximum absolute atomic E-state index is 13.5. The molecule has 0 radical (unpaired) electrons. The highest BCUT2D eigenvalue weighted by molar-refractivity contribution is 8.15. The van der Waals surface area contributed by atoms with Crippen molar-refractivity contribution in [3.05, 3.63) is 95.6 Å². The van der Waals surface area contributed by atoms with Crippen LogP contribution < -0.4 is 5.32 Å². The largest absolute Gasteiger partial charge is 0.384 e. The van der Waals surface area contributed by atoms with Gasteiger partial charge >= 0.3 is 0 Å². The number of aryl methyl sites for hydroxylation is 1. The molecule has 3 aromatic rings. The van der Waals surface area contributed by atoms with E-state index in [0.29, 0.717) is 23.0 Å². The Balaban J connectivity index is 1.66. The number of amides is 1. The minimum Gasteiger partial charge on any atom is -0.384 e. The first kappa shape index (κ1) is 23.8. The molecule has 4 rings (SSSR count). The fourth-order valence-corrected chi connectivity index (χ4v) is 5.07. The summed E-state index contributed by atoms with van der Waals surface area (Å²) in [6.45, 7) is 4.77. The SMILES string of the molecule is CCNc1ccc(C(C)=O)cc1/N=C1\SC(CCc2ccccc2)C(=O)N1Cc1ccccc1. The van der Waals surface area contributed by atoms with Gasteiger partial charge < -0.3 is 5.32 Å². The minimum absolute atomic E-state index is 0.0125. The number of anilines is 1. The maximum Gasteiger partial charge on any atom is 0.242 e. The van der Waals surface area contributed by atoms with E-state index in [1.807, 2.05) is 61.5 Å². The van der Waals surface area contributed by atoms with E-state index in [0.717, 1.165) is 30.6 Å². The number of benzene rings is 3. The summed E-state index contributed by atoms with van der Waals surface area (Å²) in [6, 6.07) is 25.7. The van der Waals surface area contributed by atoms with Crippen molar-refractivity contribution in [1.82, 2.24) is 4.90 Å². The zero-order valence-corrected chi connectivity index (χ0v) is 20.3. The van der Waals surface area contributed by atoms with Crippen LogP contribution in [-0.4, -0.2) is 33.6 Å². The van der Waals surface area contributed by atoms with E-state index < -0.39 is 0 Å². The summed E-state index contributed by atoms with van der Waals surface area (Å²) in [5.74, 6) is 0.0674. The number of carbonyl (C=O) groups excluding carboxylic acids is 2. The Labute approximate surface area is 205 Å². The van der Waals surface area contributed by atoms with Crippen LogP contribution in [0.2, 0.25) is 0 Å². The summed E-state index contributed by atoms with van der Waals surface area (Å²) in [6.07, 6.45) is 1.57. The lowest BCUT2D eigenvalue weighted by molar-refractivity contribution is -0.126. The zero-order valence-electron chi connectivity index (χ0n) is 19.5. The molecular weight excluding hydrogens is 442 g/mol. The molecule has 0 saturated carbocycles. The Kier molecular flexibility index (Phi) is 7.80. The predicted octanol–water partition coefficient (Wildman–Crippen LogP) is 6.09. The Hall–Kier alpha value is -3.38. The third kappa shape index (κ3) is 5.75. The molecule has 34 heavy (non-hydrogen) atoms. The van der Waals surface area contributed by atoms with Crippen LogP contribution in [0.5, 0.6) is 0 Å². The van der Waals surface area contributed by atoms with Crippen LogP contribution in [0.25, 0.3) is 0 Å². The van der Waals surface area contributed by atoms with Gasteiger partial charge in [-0.1, -0.05) is 72.4 Å². The van der Waals surface area contributed by atoms with Crippen molar-refractivity contribution in [2.45, 2.75) is 38.5 Å². The molecular formula is C28H29N3O2S. The molecule has 1 unspecified atom stereocenters. The second-order valence-corrected chi connectivity index (χ2v) is 9.42. The number of ketones is 1. The molecule has 0 aromatic heterocycles. The molecule has 3 aromatic carbocycles. The Morgan fingerprint density at radius 1 is 1.00 bits per heavy atom. The molecule has 5 nitrogen and oxygen atoms in total. The molecule has 1 aliphatic heterocycles. The number of carbonyl (C=O) groups is 2. The fraction of sp³-hybridized carbons (Fsp3) is 0.250. The lowest BCUT2D eigenvalue weighted by Crippen LogP contribution is -2.31. The van der Waals surface area contributed by atoms with Crippen molar-refractivity contribution in [2.75, 3.05) is 11.9 Å². The number of amidine groups is 1. The first-order valence-electron chi connectivity index (χ1n) is 11.6. The molecule has 1 N–H and O–H groups in total. The zero-order chi connectivity index (χ0) is 23.9. The average molecular weight is 472 g/mol. The van der Waals surface area contributed by atoms with Gasteiger partial charge in [0, 0.05) is 12.1 Å². The lowest BCUT2D eigenvalue weighted by atomic mass is 10.1. The van der Waals surface area contributed by atoms with Gasteiger partial charge in [-0.15, -0.1) is 0 Å². The van der Waals surface area contributed by atoms with Gasteiger partial charge in [0.15, 0.2) is 11.0 Å². The maximum atomic E-state index is 13.5. The number of hydrogen-bond donors (Lipinski definition) is 1. The average Bonchev–Trinajstić information content (AvgIpc) is 3.14. The van der Waals surface area contributed by atoms with Gasteiger partial charge in [-0.05, 0) is 56.0 Å². The normalized spacial score (nSPS) is 16.8. The molecule has 174 valence electrons. The quantitative estimate of drug-likeness (QED) is 0.384. The second-order valence-electron chi connectivity index (χ2n) is 8.25. The molecule has 6 heteroatoms. The summed E-state index contributed by atoms with van der Waals surface area (Å²) in [5.41, 5.74) is 4.40. The van der Waals surface area contributed by atoms with Gasteiger partial charge in [0.25, 0.3) is 0 Å². The fourth-order valence-electron chi connectivity index (χ4n) is 3.92. The van der Waals surface area contributed by atoms with Gasteiger partial charge in [0.2, 0.25) is 5.91 Å². The molecule has 1 aliphatic rings. The summed E-state index contributed by atoms with van der Waals surface area (Å²) in [7, 11) is 0. The highest BCUT2D eigenvalue weighted by Crippen LogP contribution is 2.36. The molecule has 0 spiro atoms. The van der Waals surface area contributed by atoms with Crippen molar-refractivity contribution >= 4 is 40.0 Å². The molecule has 1 amide bonds. The monoisotopic (exact) mass is 471 g/mol. The topological polar surface area (TPSA) is 61.8 Å². The van der Waals surface area contributed by atoms with Gasteiger partial charge in [-0.25, -0.2) is 4.99 Å². The van der Waals surface area contributed by atoms with Crippen LogP contribution in [0.15, 0.2) is 83.9 Å². The third-order valence-electron chi connectivity index (χ3n) is 5.73. The van der Waals surface area contributed by atoms with Gasteiger partial charge in [-0.3, -0.25) is 14.5 Å². The number of aliphatic imine (C=N–C) groups is 1. The smallest absolute Gasteiger partial charge is 0.242 e. The van der Waals surface area contributed by atoms with Crippen molar-refractivity contribution in [3.8, 4) is 0 Å². The van der Waals surface area contributed by atoms with E-state index >= 15 is 0 Å². The van der Waals surface area contributed by atoms with E-state index in [4.69, 9.17) is 4.99 Å². The van der Waals surface area contributed by atoms with Gasteiger partial charge in [0.05, 0.1) is 23.2 Å². The summed E-state index contributed by atoms with van der Waals surface area (Å²) < 4.78 is 0. The van der Waals surface area contributed by atoms with E-state index in [1.54, 1.807) is 24.0 Å². The number of nitrogens with zero attached hydrogens (tertiary/aromatic N) is 2. The molecule has 1 fully saturated rings. The van der Waals surface area contributed by atoms with E-state index in [1.165, 1.54) is 17.3 Å². The van der Waals surface area contributed by atoms with Crippen molar-refractivity contribution < 1.29 is 9.59 Å². The number of hydrogen-bond acceptors (Lipinski definition) is 5. The van der Waals surface area contributed by atoms with Crippen LogP contribution in [-0.2, 0) is 17.8 Å². The van der Waals surface area contributed by atoms with E-state index in [2.05, 4.69) is 17.4 Å². The summed E-state index contributed by atoms with van der Waals surface area (Å²) >= 11 is 1.51. The standard InChI is InChI=1S/C28H29N3O2S/c1-3-29-24-16-15-23(20(2)32)18-25(24)30-28-31(19-22-12-8-5-9-13-22)27(33)26(34-28)17-14-21-10-6-4-7-11-21/h4-13,15-16,18,26,29H,3,14,17,19H2,1-2H3/b30-28-. The van der Waals surface area contributed by atoms with Crippen LogP contribution in [0.3, 0.4) is 0 Å². The summed E-state index contributed by atoms with van der Waals surface area (Å²) in [4.78, 5) is 32.2. The predicted molar refractivity (Wildman–Crippen MR) is 141 cm³/mol. The van der Waals surface area contributed by atoms with Crippen molar-refractivity contribution in [1.29, 1.82) is 0 Å². The Bertz CT molecular complexity index is 1180. The number of thioether (sulfide) groups is 1. The summed E-state index contributed by atoms with van der Waals surface area (Å²) in [5, 5.41) is 3.80. The van der Waals surface area contributed by atoms with E-state index in [-0.39, 0.29) is 16.9 Å². The Morgan fingerprint density at radius 3 is 2.32 bits per heavy atom. The third-order valence-corrected chi connectivity index (χ3v) is 6.97. The second kappa shape index (κ2) is 11.2. The number of Topliss-reactive ketones (excluding diaryl/α,β-unsaturated/α-hetero) is 1. The molecule has 0 aliphatic carbocycles. The minimum atomic E-state index is -0.193. The van der Waals surface area contributed by atoms with Crippen LogP contribution in [0.1, 0.15) is 41.8 Å². The first-order valence-corrected chi connectivity index (χ1v) is 12.5. The van der Waals surface area contributed by atoms with Crippen LogP contribution in [0.4, 0.5) is 11.4 Å². The number of nitrogens with one attached hydrogen (secondary N) is 1. The van der Waals surface area contributed by atoms with Crippen LogP contribution in [0, 0.1) is 0 Å². The van der Waals surface area contributed by atoms with Crippen LogP contribution >= 0.6 is 11.8 Å². The first-order chi connectivity index (χ1) is 16.5. The molecule has 1 atom stereocenters. The lowest BCUT2D eigenvalue weighted by Gasteiger charge is -2.17. The molecule has 1 heterocycles. The number of rotatable bonds is 9. The van der Waals surface area contributed by atoms with Crippen molar-refractivity contribution in [2.24, 2.45) is 4.99 Å². The highest BCUT2D eigenvalue weighted by atomic mass is 32.2.